The number of rotatable bonds is 2. The Bertz CT molecular complexity index is 1020. The molecule has 0 atom stereocenters. The molecule has 1 radical (unpaired) electrons. The number of benzene rings is 1. The van der Waals surface area contributed by atoms with E-state index in [2.05, 4.69) is 29.0 Å². The smallest absolute Gasteiger partial charge is 0.351 e. The Morgan fingerprint density at radius 1 is 0.774 bits per heavy atom. The minimum atomic E-state index is -5.49. The van der Waals surface area contributed by atoms with Crippen LogP contribution >= 0.6 is 0 Å². The predicted octanol–water partition coefficient (Wildman–Crippen LogP) is 6.04. The summed E-state index contributed by atoms with van der Waals surface area (Å²) in [5.41, 5.74) is 1.02. The zero-order valence-electron chi connectivity index (χ0n) is 15.8. The Morgan fingerprint density at radius 3 is 1.77 bits per heavy atom. The van der Waals surface area contributed by atoms with Crippen LogP contribution in [0.4, 0.5) is 26.3 Å². The van der Waals surface area contributed by atoms with Crippen molar-refractivity contribution in [2.75, 3.05) is 0 Å². The second-order valence-electron chi connectivity index (χ2n) is 6.43. The molecule has 3 aromatic rings. The Kier molecular flexibility index (Phi) is 7.44. The first-order valence-electron chi connectivity index (χ1n) is 8.66. The molecule has 0 N–H and O–H groups in total. The van der Waals surface area contributed by atoms with E-state index in [0.29, 0.717) is 0 Å². The summed E-state index contributed by atoms with van der Waals surface area (Å²) in [5.74, 6) is -15.5. The van der Waals surface area contributed by atoms with Crippen molar-refractivity contribution in [1.29, 1.82) is 0 Å². The summed E-state index contributed by atoms with van der Waals surface area (Å²) in [6.45, 7) is 2.05. The van der Waals surface area contributed by atoms with E-state index in [1.54, 1.807) is 6.20 Å². The van der Waals surface area contributed by atoms with Crippen molar-refractivity contribution in [3.63, 3.8) is 0 Å². The molecule has 2 nitrogen and oxygen atoms in total. The Labute approximate surface area is 188 Å². The van der Waals surface area contributed by atoms with Gasteiger partial charge in [0.2, 0.25) is 0 Å². The monoisotopic (exact) mass is 613 g/mol. The number of aryl methyl sites for hydroxylation is 1. The molecule has 0 unspecified atom stereocenters. The number of hydrogen-bond acceptors (Lipinski definition) is 2. The molecule has 0 spiro atoms. The van der Waals surface area contributed by atoms with Crippen LogP contribution in [0.2, 0.25) is 0 Å². The molecule has 0 saturated carbocycles. The van der Waals surface area contributed by atoms with Gasteiger partial charge in [0.1, 0.15) is 0 Å². The number of hydrogen-bond donors (Lipinski definition) is 0. The maximum atomic E-state index is 13.2. The molecule has 9 heteroatoms. The maximum absolute atomic E-state index is 13.2. The third-order valence-corrected chi connectivity index (χ3v) is 4.21. The Morgan fingerprint density at radius 2 is 1.35 bits per heavy atom. The molecule has 2 heterocycles. The quantitative estimate of drug-likeness (QED) is 0.261. The molecule has 1 aliphatic carbocycles. The summed E-state index contributed by atoms with van der Waals surface area (Å²) in [6, 6.07) is 18.7. The first-order valence-corrected chi connectivity index (χ1v) is 8.66. The number of aromatic nitrogens is 2. The van der Waals surface area contributed by atoms with Crippen LogP contribution in [0.3, 0.4) is 0 Å². The van der Waals surface area contributed by atoms with Crippen molar-refractivity contribution >= 4 is 5.57 Å². The van der Waals surface area contributed by atoms with Gasteiger partial charge in [-0.2, -0.15) is 23.6 Å². The topological polar surface area (TPSA) is 25.8 Å². The van der Waals surface area contributed by atoms with Crippen molar-refractivity contribution < 1.29 is 46.4 Å². The van der Waals surface area contributed by atoms with E-state index in [4.69, 9.17) is 0 Å². The van der Waals surface area contributed by atoms with E-state index in [1.165, 1.54) is 17.7 Å². The van der Waals surface area contributed by atoms with Crippen LogP contribution in [0.1, 0.15) is 11.3 Å². The number of alkyl halides is 6. The van der Waals surface area contributed by atoms with E-state index in [9.17, 15) is 26.3 Å². The average Bonchev–Trinajstić information content (AvgIpc) is 2.86. The minimum Gasteiger partial charge on any atom is -0.351 e. The van der Waals surface area contributed by atoms with Crippen molar-refractivity contribution in [2.24, 2.45) is 0 Å². The molecular weight excluding hydrogens is 598 g/mol. The fourth-order valence-electron chi connectivity index (χ4n) is 2.59. The van der Waals surface area contributed by atoms with E-state index >= 15 is 0 Å². The van der Waals surface area contributed by atoms with Gasteiger partial charge in [-0.15, -0.1) is 47.0 Å². The van der Waals surface area contributed by atoms with Gasteiger partial charge in [0.25, 0.3) is 5.92 Å². The first-order chi connectivity index (χ1) is 14.1. The van der Waals surface area contributed by atoms with Crippen LogP contribution in [0.15, 0.2) is 67.0 Å². The number of nitrogens with zero attached hydrogens (tertiary/aromatic N) is 2. The molecule has 0 aliphatic heterocycles. The molecule has 165 valence electrons. The molecule has 4 rings (SSSR count). The van der Waals surface area contributed by atoms with Crippen LogP contribution in [-0.4, -0.2) is 27.7 Å². The molecule has 0 bridgehead atoms. The number of halogens is 6. The number of pyridine rings is 2. The summed E-state index contributed by atoms with van der Waals surface area (Å²) in [7, 11) is 0. The fraction of sp³-hybridized carbons (Fsp3) is 0.182. The van der Waals surface area contributed by atoms with Crippen LogP contribution in [0.5, 0.6) is 0 Å². The summed E-state index contributed by atoms with van der Waals surface area (Å²) >= 11 is 0. The maximum Gasteiger partial charge on any atom is 0.360 e. The molecule has 1 aliphatic rings. The average molecular weight is 613 g/mol. The van der Waals surface area contributed by atoms with E-state index in [-0.39, 0.29) is 20.1 Å². The normalized spacial score (nSPS) is 17.6. The van der Waals surface area contributed by atoms with Gasteiger partial charge < -0.3 is 9.97 Å². The molecule has 0 saturated heterocycles. The van der Waals surface area contributed by atoms with E-state index < -0.39 is 29.0 Å². The minimum absolute atomic E-state index is 0. The fourth-order valence-corrected chi connectivity index (χ4v) is 2.59. The van der Waals surface area contributed by atoms with Gasteiger partial charge in [-0.3, -0.25) is 0 Å². The van der Waals surface area contributed by atoms with Crippen LogP contribution in [0, 0.1) is 19.1 Å². The summed E-state index contributed by atoms with van der Waals surface area (Å²) in [6.07, 6.45) is 3.68. The van der Waals surface area contributed by atoms with Crippen molar-refractivity contribution in [3.05, 3.63) is 90.4 Å². The van der Waals surface area contributed by atoms with E-state index in [0.717, 1.165) is 29.6 Å². The van der Waals surface area contributed by atoms with Crippen molar-refractivity contribution in [1.82, 2.24) is 9.97 Å². The van der Waals surface area contributed by atoms with Gasteiger partial charge in [0.05, 0.1) is 0 Å². The third kappa shape index (κ3) is 4.88. The number of allylic oxidation sites excluding steroid dienone is 2. The van der Waals surface area contributed by atoms with Gasteiger partial charge >= 0.3 is 11.8 Å². The molecule has 1 aromatic carbocycles. The van der Waals surface area contributed by atoms with Gasteiger partial charge in [0, 0.05) is 32.5 Å². The van der Waals surface area contributed by atoms with Crippen molar-refractivity contribution in [2.45, 2.75) is 24.7 Å². The molecule has 0 amide bonds. The van der Waals surface area contributed by atoms with Crippen LogP contribution in [0.25, 0.3) is 16.8 Å². The Balaban J connectivity index is 0.000000220. The molecular formula is C22H14F6IrN2-2. The van der Waals surface area contributed by atoms with E-state index in [1.807, 2.05) is 30.3 Å². The second-order valence-corrected chi connectivity index (χ2v) is 6.43. The molecule has 2 aromatic heterocycles. The van der Waals surface area contributed by atoms with Gasteiger partial charge in [-0.05, 0) is 17.8 Å². The summed E-state index contributed by atoms with van der Waals surface area (Å²) < 4.78 is 77.6. The zero-order valence-corrected chi connectivity index (χ0v) is 18.2. The second kappa shape index (κ2) is 9.32. The standard InChI is InChI=1S/C12H10N.C10H4F6N.Ir/c1-10-5-7-11(8-6-10)12-4-2-3-9-13-12;11-8(12)5-6(7-3-1-2-4-17-7)9(13,14)10(8,15)16;/h2-7,9H,1H3;1-4H;/q2*-1;. The first kappa shape index (κ1) is 24.8. The molecule has 0 fully saturated rings. The molecule has 31 heavy (non-hydrogen) atoms. The predicted molar refractivity (Wildman–Crippen MR) is 99.0 cm³/mol. The zero-order chi connectivity index (χ0) is 22.0. The van der Waals surface area contributed by atoms with Gasteiger partial charge in [0.15, 0.2) is 0 Å². The van der Waals surface area contributed by atoms with Gasteiger partial charge in [-0.25, -0.2) is 8.78 Å². The van der Waals surface area contributed by atoms with Gasteiger partial charge in [-0.1, -0.05) is 30.8 Å². The van der Waals surface area contributed by atoms with Crippen molar-refractivity contribution in [3.8, 4) is 11.3 Å². The largest absolute Gasteiger partial charge is 0.360 e. The Hall–Kier alpha value is -2.51. The SMILES string of the molecule is Cc1c[c-]c(-c2ccccn2)cc1.FC1(F)[C-]=C(c2ccccn2)C(F)(F)C1(F)F.[Ir]. The van der Waals surface area contributed by atoms with Crippen LogP contribution < -0.4 is 0 Å². The summed E-state index contributed by atoms with van der Waals surface area (Å²) in [4.78, 5) is 7.59. The summed E-state index contributed by atoms with van der Waals surface area (Å²) in [5, 5.41) is 0. The third-order valence-electron chi connectivity index (χ3n) is 4.21. The van der Waals surface area contributed by atoms with Crippen LogP contribution in [-0.2, 0) is 20.1 Å².